The predicted molar refractivity (Wildman–Crippen MR) is 103 cm³/mol. The van der Waals surface area contributed by atoms with E-state index in [1.807, 2.05) is 4.90 Å². The Morgan fingerprint density at radius 2 is 1.96 bits per heavy atom. The number of nitrogens with one attached hydrogen (secondary N) is 1. The van der Waals surface area contributed by atoms with Gasteiger partial charge in [0.15, 0.2) is 0 Å². The van der Waals surface area contributed by atoms with Crippen molar-refractivity contribution >= 4 is 38.7 Å². The summed E-state index contributed by atoms with van der Waals surface area (Å²) in [6, 6.07) is 7.83. The number of hydrogen-bond donors (Lipinski definition) is 2. The normalized spacial score (nSPS) is 15.8. The quantitative estimate of drug-likeness (QED) is 0.781. The van der Waals surface area contributed by atoms with Crippen molar-refractivity contribution in [2.45, 2.75) is 11.1 Å². The second-order valence-electron chi connectivity index (χ2n) is 6.00. The Hall–Kier alpha value is -2.10. The lowest BCUT2D eigenvalue weighted by Crippen LogP contribution is -2.46. The zero-order valence-electron chi connectivity index (χ0n) is 14.4. The fourth-order valence-electron chi connectivity index (χ4n) is 2.97. The maximum atomic E-state index is 12.3. The molecule has 0 unspecified atom stereocenters. The molecule has 26 heavy (non-hydrogen) atoms. The number of nitrogens with zero attached hydrogens (tertiary/aromatic N) is 2. The second-order valence-corrected chi connectivity index (χ2v) is 8.85. The zero-order valence-corrected chi connectivity index (χ0v) is 16.0. The summed E-state index contributed by atoms with van der Waals surface area (Å²) in [5.74, 6) is -1.07. The van der Waals surface area contributed by atoms with Gasteiger partial charge in [0.05, 0.1) is 11.3 Å². The SMILES string of the molecule is CCN1CCN(c2ccc(NS(=O)(=O)c3cccs3)cc2C(=O)O)CC1. The third-order valence-corrected chi connectivity index (χ3v) is 7.18. The van der Waals surface area contributed by atoms with E-state index in [-0.39, 0.29) is 15.5 Å². The molecular formula is C17H21N3O4S2. The molecule has 2 aromatic rings. The molecule has 2 heterocycles. The molecule has 3 rings (SSSR count). The van der Waals surface area contributed by atoms with Crippen molar-refractivity contribution in [1.29, 1.82) is 0 Å². The van der Waals surface area contributed by atoms with Crippen LogP contribution < -0.4 is 9.62 Å². The number of benzene rings is 1. The van der Waals surface area contributed by atoms with Crippen molar-refractivity contribution in [3.63, 3.8) is 0 Å². The number of carboxylic acids is 1. The van der Waals surface area contributed by atoms with Gasteiger partial charge in [-0.1, -0.05) is 13.0 Å². The summed E-state index contributed by atoms with van der Waals surface area (Å²) in [7, 11) is -3.71. The highest BCUT2D eigenvalue weighted by Gasteiger charge is 2.22. The molecule has 9 heteroatoms. The third-order valence-electron chi connectivity index (χ3n) is 4.40. The first-order valence-corrected chi connectivity index (χ1v) is 10.7. The molecule has 1 aromatic carbocycles. The summed E-state index contributed by atoms with van der Waals surface area (Å²) in [4.78, 5) is 16.1. The molecule has 0 spiro atoms. The lowest BCUT2D eigenvalue weighted by atomic mass is 10.1. The van der Waals surface area contributed by atoms with E-state index in [1.165, 1.54) is 12.1 Å². The molecule has 0 bridgehead atoms. The van der Waals surface area contributed by atoms with Gasteiger partial charge in [0.25, 0.3) is 10.0 Å². The van der Waals surface area contributed by atoms with Gasteiger partial charge in [-0.05, 0) is 36.2 Å². The van der Waals surface area contributed by atoms with Crippen molar-refractivity contribution in [3.05, 3.63) is 41.3 Å². The van der Waals surface area contributed by atoms with Crippen LogP contribution in [0.5, 0.6) is 0 Å². The Bertz CT molecular complexity index is 873. The molecule has 140 valence electrons. The molecule has 0 radical (unpaired) electrons. The van der Waals surface area contributed by atoms with E-state index in [2.05, 4.69) is 16.5 Å². The highest BCUT2D eigenvalue weighted by atomic mass is 32.2. The molecule has 0 saturated carbocycles. The third kappa shape index (κ3) is 4.00. The first kappa shape index (κ1) is 18.7. The minimum Gasteiger partial charge on any atom is -0.478 e. The van der Waals surface area contributed by atoms with Gasteiger partial charge in [0.2, 0.25) is 0 Å². The minimum absolute atomic E-state index is 0.0985. The lowest BCUT2D eigenvalue weighted by Gasteiger charge is -2.36. The summed E-state index contributed by atoms with van der Waals surface area (Å²) in [5.41, 5.74) is 0.959. The molecule has 1 fully saturated rings. The molecule has 1 aromatic heterocycles. The first-order chi connectivity index (χ1) is 12.4. The summed E-state index contributed by atoms with van der Waals surface area (Å²) in [6.45, 7) is 6.32. The highest BCUT2D eigenvalue weighted by Crippen LogP contribution is 2.27. The van der Waals surface area contributed by atoms with E-state index in [1.54, 1.807) is 23.6 Å². The number of carbonyl (C=O) groups is 1. The average molecular weight is 396 g/mol. The summed E-state index contributed by atoms with van der Waals surface area (Å²) in [5, 5.41) is 11.3. The lowest BCUT2D eigenvalue weighted by molar-refractivity contribution is 0.0697. The van der Waals surface area contributed by atoms with E-state index in [4.69, 9.17) is 0 Å². The van der Waals surface area contributed by atoms with Gasteiger partial charge in [-0.15, -0.1) is 11.3 Å². The van der Waals surface area contributed by atoms with Crippen molar-refractivity contribution in [2.24, 2.45) is 0 Å². The van der Waals surface area contributed by atoms with Crippen molar-refractivity contribution < 1.29 is 18.3 Å². The van der Waals surface area contributed by atoms with Crippen LogP contribution >= 0.6 is 11.3 Å². The molecule has 7 nitrogen and oxygen atoms in total. The van der Waals surface area contributed by atoms with Crippen LogP contribution in [0.2, 0.25) is 0 Å². The van der Waals surface area contributed by atoms with Crippen LogP contribution in [0.15, 0.2) is 39.9 Å². The number of anilines is 2. The number of piperazine rings is 1. The fraction of sp³-hybridized carbons (Fsp3) is 0.353. The highest BCUT2D eigenvalue weighted by molar-refractivity contribution is 7.94. The average Bonchev–Trinajstić information content (AvgIpc) is 3.17. The number of sulfonamides is 1. The van der Waals surface area contributed by atoms with Gasteiger partial charge in [-0.3, -0.25) is 4.72 Å². The Kier molecular flexibility index (Phi) is 5.49. The molecular weight excluding hydrogens is 374 g/mol. The van der Waals surface area contributed by atoms with Crippen LogP contribution in [0.1, 0.15) is 17.3 Å². The minimum atomic E-state index is -3.71. The van der Waals surface area contributed by atoms with Crippen molar-refractivity contribution in [3.8, 4) is 0 Å². The molecule has 1 saturated heterocycles. The number of rotatable bonds is 6. The van der Waals surface area contributed by atoms with Crippen LogP contribution in [-0.4, -0.2) is 57.1 Å². The maximum absolute atomic E-state index is 12.3. The summed E-state index contributed by atoms with van der Waals surface area (Å²) < 4.78 is 27.3. The molecule has 0 atom stereocenters. The molecule has 2 N–H and O–H groups in total. The largest absolute Gasteiger partial charge is 0.478 e. The number of carboxylic acid groups (broad SMARTS) is 1. The second kappa shape index (κ2) is 7.65. The van der Waals surface area contributed by atoms with E-state index in [9.17, 15) is 18.3 Å². The van der Waals surface area contributed by atoms with Gasteiger partial charge in [0, 0.05) is 31.9 Å². The van der Waals surface area contributed by atoms with Gasteiger partial charge in [0.1, 0.15) is 4.21 Å². The summed E-state index contributed by atoms with van der Waals surface area (Å²) >= 11 is 1.11. The van der Waals surface area contributed by atoms with Crippen LogP contribution in [0.3, 0.4) is 0 Å². The number of likely N-dealkylation sites (N-methyl/N-ethyl adjacent to an activating group) is 1. The van der Waals surface area contributed by atoms with Crippen LogP contribution in [0.4, 0.5) is 11.4 Å². The molecule has 1 aliphatic heterocycles. The Balaban J connectivity index is 1.85. The van der Waals surface area contributed by atoms with Crippen LogP contribution in [0, 0.1) is 0 Å². The van der Waals surface area contributed by atoms with Gasteiger partial charge in [-0.25, -0.2) is 13.2 Å². The number of aromatic carboxylic acids is 1. The van der Waals surface area contributed by atoms with Gasteiger partial charge in [-0.2, -0.15) is 0 Å². The molecule has 0 aliphatic carbocycles. The topological polar surface area (TPSA) is 90.0 Å². The van der Waals surface area contributed by atoms with E-state index in [0.717, 1.165) is 44.1 Å². The first-order valence-electron chi connectivity index (χ1n) is 8.31. The number of thiophene rings is 1. The Labute approximate surface area is 156 Å². The smallest absolute Gasteiger partial charge is 0.337 e. The van der Waals surface area contributed by atoms with Gasteiger partial charge >= 0.3 is 5.97 Å². The van der Waals surface area contributed by atoms with Crippen LogP contribution in [0.25, 0.3) is 0 Å². The number of hydrogen-bond acceptors (Lipinski definition) is 6. The van der Waals surface area contributed by atoms with E-state index >= 15 is 0 Å². The van der Waals surface area contributed by atoms with E-state index < -0.39 is 16.0 Å². The van der Waals surface area contributed by atoms with E-state index in [0.29, 0.717) is 5.69 Å². The standard InChI is InChI=1S/C17H21N3O4S2/c1-2-19-7-9-20(10-8-19)15-6-5-13(12-14(15)17(21)22)18-26(23,24)16-4-3-11-25-16/h3-6,11-12,18H,2,7-10H2,1H3,(H,21,22). The molecule has 1 aliphatic rings. The zero-order chi connectivity index (χ0) is 18.7. The Morgan fingerprint density at radius 1 is 1.23 bits per heavy atom. The summed E-state index contributed by atoms with van der Waals surface area (Å²) in [6.07, 6.45) is 0. The fourth-order valence-corrected chi connectivity index (χ4v) is 5.02. The Morgan fingerprint density at radius 3 is 2.54 bits per heavy atom. The predicted octanol–water partition coefficient (Wildman–Crippen LogP) is 2.39. The van der Waals surface area contributed by atoms with Crippen LogP contribution in [-0.2, 0) is 10.0 Å². The monoisotopic (exact) mass is 395 g/mol. The van der Waals surface area contributed by atoms with Crippen molar-refractivity contribution in [2.75, 3.05) is 42.3 Å². The maximum Gasteiger partial charge on any atom is 0.337 e. The molecule has 0 amide bonds. The van der Waals surface area contributed by atoms with Crippen molar-refractivity contribution in [1.82, 2.24) is 4.90 Å². The van der Waals surface area contributed by atoms with Gasteiger partial charge < -0.3 is 14.9 Å².